The van der Waals surface area contributed by atoms with E-state index in [1.165, 1.54) is 0 Å². The quantitative estimate of drug-likeness (QED) is 0.612. The Morgan fingerprint density at radius 1 is 1.00 bits per heavy atom. The lowest BCUT2D eigenvalue weighted by Crippen LogP contribution is -1.94. The van der Waals surface area contributed by atoms with E-state index in [0.717, 1.165) is 22.5 Å². The summed E-state index contributed by atoms with van der Waals surface area (Å²) in [5.74, 6) is 0.641. The number of benzene rings is 1. The van der Waals surface area contributed by atoms with Crippen LogP contribution in [0.4, 0.5) is 5.82 Å². The lowest BCUT2D eigenvalue weighted by molar-refractivity contribution is 1.06. The molecule has 0 aliphatic heterocycles. The second-order valence-electron chi connectivity index (χ2n) is 4.82. The molecule has 0 unspecified atom stereocenters. The van der Waals surface area contributed by atoms with Gasteiger partial charge in [-0.1, -0.05) is 12.1 Å². The van der Waals surface area contributed by atoms with Crippen molar-refractivity contribution in [1.82, 2.24) is 18.9 Å². The molecule has 102 valence electrons. The molecule has 5 heteroatoms. The summed E-state index contributed by atoms with van der Waals surface area (Å²) in [6.07, 6.45) is 9.07. The van der Waals surface area contributed by atoms with E-state index < -0.39 is 0 Å². The number of aromatic nitrogens is 4. The van der Waals surface area contributed by atoms with Crippen LogP contribution in [-0.4, -0.2) is 18.9 Å². The largest absolute Gasteiger partial charge is 0.383 e. The first-order valence-electron chi connectivity index (χ1n) is 6.63. The van der Waals surface area contributed by atoms with Gasteiger partial charge < -0.3 is 10.3 Å². The summed E-state index contributed by atoms with van der Waals surface area (Å²) in [6, 6.07) is 12.3. The molecule has 4 aromatic rings. The summed E-state index contributed by atoms with van der Waals surface area (Å²) < 4.78 is 3.86. The van der Waals surface area contributed by atoms with Crippen LogP contribution in [0.15, 0.2) is 67.5 Å². The van der Waals surface area contributed by atoms with Gasteiger partial charge in [0, 0.05) is 29.8 Å². The first kappa shape index (κ1) is 11.7. The van der Waals surface area contributed by atoms with Crippen LogP contribution < -0.4 is 5.73 Å². The van der Waals surface area contributed by atoms with Gasteiger partial charge >= 0.3 is 0 Å². The number of anilines is 1. The number of imidazole rings is 2. The minimum Gasteiger partial charge on any atom is -0.383 e. The maximum atomic E-state index is 5.90. The molecular weight excluding hydrogens is 262 g/mol. The van der Waals surface area contributed by atoms with Crippen LogP contribution in [-0.2, 0) is 0 Å². The smallest absolute Gasteiger partial charge is 0.146 e. The van der Waals surface area contributed by atoms with Crippen molar-refractivity contribution in [2.75, 3.05) is 5.73 Å². The highest BCUT2D eigenvalue weighted by Gasteiger charge is 2.07. The van der Waals surface area contributed by atoms with Crippen LogP contribution in [0.3, 0.4) is 0 Å². The molecule has 0 atom stereocenters. The number of nitrogen functional groups attached to an aromatic ring is 1. The molecule has 2 N–H and O–H groups in total. The first-order valence-corrected chi connectivity index (χ1v) is 6.63. The van der Waals surface area contributed by atoms with Crippen molar-refractivity contribution in [2.24, 2.45) is 0 Å². The minimum atomic E-state index is 0.641. The Hall–Kier alpha value is -3.08. The normalized spacial score (nSPS) is 11.0. The van der Waals surface area contributed by atoms with Gasteiger partial charge in [0.1, 0.15) is 11.5 Å². The Kier molecular flexibility index (Phi) is 2.50. The molecule has 3 heterocycles. The fraction of sp³-hybridized carbons (Fsp3) is 0. The fourth-order valence-corrected chi connectivity index (χ4v) is 2.48. The molecule has 0 radical (unpaired) electrons. The highest BCUT2D eigenvalue weighted by atomic mass is 15.1. The van der Waals surface area contributed by atoms with Gasteiger partial charge in [-0.25, -0.2) is 9.97 Å². The Labute approximate surface area is 121 Å². The number of hydrogen-bond acceptors (Lipinski definition) is 3. The molecule has 5 nitrogen and oxygen atoms in total. The third-order valence-corrected chi connectivity index (χ3v) is 3.55. The highest BCUT2D eigenvalue weighted by molar-refractivity contribution is 5.79. The van der Waals surface area contributed by atoms with Crippen molar-refractivity contribution in [2.45, 2.75) is 0 Å². The Bertz CT molecular complexity index is 888. The maximum absolute atomic E-state index is 5.90. The maximum Gasteiger partial charge on any atom is 0.146 e. The molecule has 1 aromatic carbocycles. The Morgan fingerprint density at radius 3 is 2.62 bits per heavy atom. The SMILES string of the molecule is Nc1cnc2c(-c3ccc(-n4ccnc4)cc3)cccn12. The van der Waals surface area contributed by atoms with E-state index in [1.54, 1.807) is 18.7 Å². The van der Waals surface area contributed by atoms with E-state index in [2.05, 4.69) is 34.2 Å². The monoisotopic (exact) mass is 275 g/mol. The van der Waals surface area contributed by atoms with Crippen molar-refractivity contribution >= 4 is 11.5 Å². The zero-order valence-electron chi connectivity index (χ0n) is 11.2. The van der Waals surface area contributed by atoms with E-state index in [9.17, 15) is 0 Å². The fourth-order valence-electron chi connectivity index (χ4n) is 2.48. The predicted molar refractivity (Wildman–Crippen MR) is 82.2 cm³/mol. The van der Waals surface area contributed by atoms with Crippen molar-refractivity contribution < 1.29 is 0 Å². The van der Waals surface area contributed by atoms with E-state index in [0.29, 0.717) is 5.82 Å². The van der Waals surface area contributed by atoms with Gasteiger partial charge in [-0.2, -0.15) is 0 Å². The van der Waals surface area contributed by atoms with Crippen LogP contribution in [0.25, 0.3) is 22.5 Å². The molecule has 3 aromatic heterocycles. The molecule has 0 spiro atoms. The minimum absolute atomic E-state index is 0.641. The molecule has 0 bridgehead atoms. The lowest BCUT2D eigenvalue weighted by Gasteiger charge is -2.07. The lowest BCUT2D eigenvalue weighted by atomic mass is 10.1. The van der Waals surface area contributed by atoms with Gasteiger partial charge in [-0.05, 0) is 29.8 Å². The summed E-state index contributed by atoms with van der Waals surface area (Å²) in [5, 5.41) is 0. The standard InChI is InChI=1S/C16H13N5/c17-15-10-19-16-14(2-1-8-21(15)16)12-3-5-13(6-4-12)20-9-7-18-11-20/h1-11H,17H2. The Morgan fingerprint density at radius 2 is 1.86 bits per heavy atom. The summed E-state index contributed by atoms with van der Waals surface area (Å²) in [4.78, 5) is 8.45. The van der Waals surface area contributed by atoms with Crippen LogP contribution >= 0.6 is 0 Å². The van der Waals surface area contributed by atoms with E-state index in [-0.39, 0.29) is 0 Å². The van der Waals surface area contributed by atoms with Crippen molar-refractivity contribution in [3.63, 3.8) is 0 Å². The number of rotatable bonds is 2. The number of pyridine rings is 1. The molecule has 0 fully saturated rings. The number of fused-ring (bicyclic) bond motifs is 1. The summed E-state index contributed by atoms with van der Waals surface area (Å²) >= 11 is 0. The summed E-state index contributed by atoms with van der Waals surface area (Å²) in [5.41, 5.74) is 10.0. The number of hydrogen-bond donors (Lipinski definition) is 1. The van der Waals surface area contributed by atoms with E-state index in [1.807, 2.05) is 33.5 Å². The average molecular weight is 275 g/mol. The van der Waals surface area contributed by atoms with Crippen molar-refractivity contribution in [3.05, 3.63) is 67.5 Å². The van der Waals surface area contributed by atoms with Gasteiger partial charge in [0.2, 0.25) is 0 Å². The van der Waals surface area contributed by atoms with Crippen LogP contribution in [0.1, 0.15) is 0 Å². The molecule has 21 heavy (non-hydrogen) atoms. The molecule has 4 rings (SSSR count). The average Bonchev–Trinajstić information content (AvgIpc) is 3.18. The van der Waals surface area contributed by atoms with Crippen LogP contribution in [0, 0.1) is 0 Å². The first-order chi connectivity index (χ1) is 10.3. The number of nitrogens with zero attached hydrogens (tertiary/aromatic N) is 4. The predicted octanol–water partition coefficient (Wildman–Crippen LogP) is 2.77. The third kappa shape index (κ3) is 1.87. The van der Waals surface area contributed by atoms with E-state index >= 15 is 0 Å². The zero-order valence-corrected chi connectivity index (χ0v) is 11.2. The number of nitrogens with two attached hydrogens (primary N) is 1. The van der Waals surface area contributed by atoms with Gasteiger partial charge in [0.25, 0.3) is 0 Å². The molecule has 0 saturated heterocycles. The molecule has 0 saturated carbocycles. The van der Waals surface area contributed by atoms with Crippen molar-refractivity contribution in [1.29, 1.82) is 0 Å². The second-order valence-corrected chi connectivity index (χ2v) is 4.82. The topological polar surface area (TPSA) is 61.1 Å². The molecule has 0 aliphatic rings. The Balaban J connectivity index is 1.82. The van der Waals surface area contributed by atoms with Gasteiger partial charge in [-0.15, -0.1) is 0 Å². The van der Waals surface area contributed by atoms with Crippen molar-refractivity contribution in [3.8, 4) is 16.8 Å². The summed E-state index contributed by atoms with van der Waals surface area (Å²) in [6.45, 7) is 0. The second kappa shape index (κ2) is 4.49. The van der Waals surface area contributed by atoms with Gasteiger partial charge in [0.05, 0.1) is 12.5 Å². The highest BCUT2D eigenvalue weighted by Crippen LogP contribution is 2.26. The van der Waals surface area contributed by atoms with Gasteiger partial charge in [0.15, 0.2) is 0 Å². The van der Waals surface area contributed by atoms with E-state index in [4.69, 9.17) is 5.73 Å². The summed E-state index contributed by atoms with van der Waals surface area (Å²) in [7, 11) is 0. The zero-order chi connectivity index (χ0) is 14.2. The molecule has 0 amide bonds. The molecular formula is C16H13N5. The molecule has 0 aliphatic carbocycles. The third-order valence-electron chi connectivity index (χ3n) is 3.55. The van der Waals surface area contributed by atoms with Gasteiger partial charge in [-0.3, -0.25) is 4.40 Å². The van der Waals surface area contributed by atoms with Crippen LogP contribution in [0.2, 0.25) is 0 Å². The van der Waals surface area contributed by atoms with Crippen LogP contribution in [0.5, 0.6) is 0 Å².